The minimum atomic E-state index is -4.60. The second-order valence-electron chi connectivity index (χ2n) is 5.72. The van der Waals surface area contributed by atoms with Gasteiger partial charge in [-0.2, -0.15) is 13.2 Å². The van der Waals surface area contributed by atoms with E-state index in [0.29, 0.717) is 17.7 Å². The Hall–Kier alpha value is -3.03. The smallest absolute Gasteiger partial charge is 0.417 e. The molecular weight excluding hydrogens is 363 g/mol. The van der Waals surface area contributed by atoms with Crippen molar-refractivity contribution in [2.45, 2.75) is 25.6 Å². The second kappa shape index (κ2) is 9.07. The van der Waals surface area contributed by atoms with Gasteiger partial charge < -0.3 is 15.2 Å². The van der Waals surface area contributed by atoms with E-state index in [4.69, 9.17) is 9.84 Å². The van der Waals surface area contributed by atoms with Gasteiger partial charge in [0.05, 0.1) is 17.7 Å². The summed E-state index contributed by atoms with van der Waals surface area (Å²) in [6, 6.07) is 11.2. The maximum Gasteiger partial charge on any atom is 0.417 e. The summed E-state index contributed by atoms with van der Waals surface area (Å²) in [5, 5.41) is 11.0. The van der Waals surface area contributed by atoms with E-state index in [9.17, 15) is 22.8 Å². The molecule has 2 N–H and O–H groups in total. The molecule has 0 bridgehead atoms. The number of halogens is 3. The first-order valence-corrected chi connectivity index (χ1v) is 8.15. The van der Waals surface area contributed by atoms with E-state index in [1.54, 1.807) is 24.3 Å². The zero-order chi connectivity index (χ0) is 19.9. The van der Waals surface area contributed by atoms with Gasteiger partial charge in [0, 0.05) is 13.0 Å². The molecule has 0 saturated carbocycles. The van der Waals surface area contributed by atoms with Crippen LogP contribution in [0.5, 0.6) is 5.75 Å². The van der Waals surface area contributed by atoms with E-state index in [-0.39, 0.29) is 19.6 Å². The Morgan fingerprint density at radius 2 is 1.70 bits per heavy atom. The number of carbonyl (C=O) groups excluding carboxylic acids is 1. The van der Waals surface area contributed by atoms with E-state index in [2.05, 4.69) is 5.32 Å². The van der Waals surface area contributed by atoms with Crippen LogP contribution >= 0.6 is 0 Å². The number of hydrogen-bond donors (Lipinski definition) is 2. The molecule has 2 aromatic carbocycles. The maximum absolute atomic E-state index is 13.0. The first-order chi connectivity index (χ1) is 12.8. The van der Waals surface area contributed by atoms with Gasteiger partial charge in [0.25, 0.3) is 5.91 Å². The van der Waals surface area contributed by atoms with Gasteiger partial charge in [0.2, 0.25) is 0 Å². The van der Waals surface area contributed by atoms with Gasteiger partial charge >= 0.3 is 12.1 Å². The third-order valence-electron chi connectivity index (χ3n) is 3.66. The van der Waals surface area contributed by atoms with Crippen LogP contribution in [-0.4, -0.2) is 23.6 Å². The molecule has 2 rings (SSSR count). The summed E-state index contributed by atoms with van der Waals surface area (Å²) < 4.78 is 44.3. The van der Waals surface area contributed by atoms with E-state index in [0.717, 1.165) is 12.1 Å². The van der Waals surface area contributed by atoms with Gasteiger partial charge in [-0.1, -0.05) is 24.3 Å². The zero-order valence-electron chi connectivity index (χ0n) is 14.3. The van der Waals surface area contributed by atoms with Crippen LogP contribution in [0.1, 0.15) is 34.3 Å². The molecule has 1 amide bonds. The molecule has 5 nitrogen and oxygen atoms in total. The highest BCUT2D eigenvalue weighted by Gasteiger charge is 2.34. The molecule has 0 unspecified atom stereocenters. The highest BCUT2D eigenvalue weighted by Crippen LogP contribution is 2.31. The summed E-state index contributed by atoms with van der Waals surface area (Å²) in [5.74, 6) is -1.16. The van der Waals surface area contributed by atoms with Crippen LogP contribution in [0.15, 0.2) is 48.5 Å². The Labute approximate surface area is 153 Å². The molecule has 0 saturated heterocycles. The van der Waals surface area contributed by atoms with Crippen LogP contribution < -0.4 is 10.1 Å². The number of nitrogens with one attached hydrogen (secondary N) is 1. The van der Waals surface area contributed by atoms with Gasteiger partial charge in [-0.25, -0.2) is 0 Å². The lowest BCUT2D eigenvalue weighted by atomic mass is 10.1. The fourth-order valence-electron chi connectivity index (χ4n) is 2.32. The fourth-order valence-corrected chi connectivity index (χ4v) is 2.32. The second-order valence-corrected chi connectivity index (χ2v) is 5.72. The zero-order valence-corrected chi connectivity index (χ0v) is 14.3. The Morgan fingerprint density at radius 1 is 1.04 bits per heavy atom. The Bertz CT molecular complexity index is 788. The van der Waals surface area contributed by atoms with Crippen LogP contribution in [0.3, 0.4) is 0 Å². The molecule has 0 spiro atoms. The lowest BCUT2D eigenvalue weighted by Crippen LogP contribution is -2.25. The van der Waals surface area contributed by atoms with E-state index in [1.807, 2.05) is 0 Å². The number of carbonyl (C=O) groups is 2. The highest BCUT2D eigenvalue weighted by molar-refractivity contribution is 5.95. The van der Waals surface area contributed by atoms with Crippen LogP contribution in [0.2, 0.25) is 0 Å². The van der Waals surface area contributed by atoms with Gasteiger partial charge in [-0.15, -0.1) is 0 Å². The quantitative estimate of drug-likeness (QED) is 0.681. The Balaban J connectivity index is 1.90. The third-order valence-corrected chi connectivity index (χ3v) is 3.66. The Kier molecular flexibility index (Phi) is 6.81. The van der Waals surface area contributed by atoms with Crippen molar-refractivity contribution >= 4 is 11.9 Å². The predicted octanol–water partition coefficient (Wildman–Crippen LogP) is 3.88. The number of carboxylic acids is 1. The molecule has 0 aliphatic heterocycles. The number of aliphatic carboxylic acids is 1. The van der Waals surface area contributed by atoms with Crippen molar-refractivity contribution in [1.29, 1.82) is 0 Å². The van der Waals surface area contributed by atoms with Crippen molar-refractivity contribution in [3.05, 3.63) is 65.2 Å². The van der Waals surface area contributed by atoms with Crippen LogP contribution in [-0.2, 0) is 17.5 Å². The number of benzene rings is 2. The van der Waals surface area contributed by atoms with E-state index < -0.39 is 29.2 Å². The van der Waals surface area contributed by atoms with Crippen molar-refractivity contribution < 1.29 is 32.6 Å². The third kappa shape index (κ3) is 6.32. The number of amides is 1. The molecule has 0 fully saturated rings. The van der Waals surface area contributed by atoms with Crippen molar-refractivity contribution in [2.24, 2.45) is 0 Å². The van der Waals surface area contributed by atoms with Crippen molar-refractivity contribution in [2.75, 3.05) is 6.61 Å². The number of ether oxygens (including phenoxy) is 1. The van der Waals surface area contributed by atoms with E-state index in [1.165, 1.54) is 12.1 Å². The summed E-state index contributed by atoms with van der Waals surface area (Å²) in [5.41, 5.74) is -0.721. The molecule has 27 heavy (non-hydrogen) atoms. The van der Waals surface area contributed by atoms with E-state index >= 15 is 0 Å². The SMILES string of the molecule is O=C(O)CCCOc1ccc(CNC(=O)c2ccccc2C(F)(F)F)cc1. The normalized spacial score (nSPS) is 11.1. The molecule has 8 heteroatoms. The first-order valence-electron chi connectivity index (χ1n) is 8.15. The lowest BCUT2D eigenvalue weighted by molar-refractivity contribution is -0.138. The van der Waals surface area contributed by atoms with Crippen LogP contribution in [0, 0.1) is 0 Å². The standard InChI is InChI=1S/C19H18F3NO4/c20-19(21,22)16-5-2-1-4-15(16)18(26)23-12-13-7-9-14(10-8-13)27-11-3-6-17(24)25/h1-2,4-5,7-10H,3,6,11-12H2,(H,23,26)(H,24,25). The summed E-state index contributed by atoms with van der Waals surface area (Å²) >= 11 is 0. The van der Waals surface area contributed by atoms with Crippen molar-refractivity contribution in [1.82, 2.24) is 5.32 Å². The fraction of sp³-hybridized carbons (Fsp3) is 0.263. The summed E-state index contributed by atoms with van der Waals surface area (Å²) in [6.07, 6.45) is -4.21. The van der Waals surface area contributed by atoms with Gasteiger partial charge in [0.1, 0.15) is 5.75 Å². The number of alkyl halides is 3. The maximum atomic E-state index is 13.0. The largest absolute Gasteiger partial charge is 0.494 e. The molecule has 2 aromatic rings. The molecular formula is C19H18F3NO4. The molecule has 0 heterocycles. The molecule has 0 radical (unpaired) electrons. The number of rotatable bonds is 8. The highest BCUT2D eigenvalue weighted by atomic mass is 19.4. The minimum absolute atomic E-state index is 0.0174. The van der Waals surface area contributed by atoms with Crippen LogP contribution in [0.4, 0.5) is 13.2 Å². The van der Waals surface area contributed by atoms with Crippen LogP contribution in [0.25, 0.3) is 0 Å². The van der Waals surface area contributed by atoms with Crippen molar-refractivity contribution in [3.63, 3.8) is 0 Å². The Morgan fingerprint density at radius 3 is 2.33 bits per heavy atom. The molecule has 0 aromatic heterocycles. The minimum Gasteiger partial charge on any atom is -0.494 e. The van der Waals surface area contributed by atoms with Crippen molar-refractivity contribution in [3.8, 4) is 5.75 Å². The average Bonchev–Trinajstić information content (AvgIpc) is 2.63. The summed E-state index contributed by atoms with van der Waals surface area (Å²) in [4.78, 5) is 22.5. The monoisotopic (exact) mass is 381 g/mol. The average molecular weight is 381 g/mol. The lowest BCUT2D eigenvalue weighted by Gasteiger charge is -2.13. The summed E-state index contributed by atoms with van der Waals surface area (Å²) in [7, 11) is 0. The van der Waals surface area contributed by atoms with Gasteiger partial charge in [-0.3, -0.25) is 9.59 Å². The number of hydrogen-bond acceptors (Lipinski definition) is 3. The molecule has 0 aliphatic carbocycles. The molecule has 0 atom stereocenters. The molecule has 144 valence electrons. The van der Waals surface area contributed by atoms with Gasteiger partial charge in [0.15, 0.2) is 0 Å². The summed E-state index contributed by atoms with van der Waals surface area (Å²) in [6.45, 7) is 0.320. The van der Waals surface area contributed by atoms with Gasteiger partial charge in [-0.05, 0) is 36.2 Å². The topological polar surface area (TPSA) is 75.6 Å². The predicted molar refractivity (Wildman–Crippen MR) is 91.4 cm³/mol. The number of carboxylic acid groups (broad SMARTS) is 1. The molecule has 0 aliphatic rings. The first kappa shape index (κ1) is 20.3.